The first-order chi connectivity index (χ1) is 8.18. The Hall–Kier alpha value is -1.12. The van der Waals surface area contributed by atoms with E-state index in [2.05, 4.69) is 31.2 Å². The maximum atomic E-state index is 5.99. The van der Waals surface area contributed by atoms with Crippen LogP contribution < -0.4 is 5.73 Å². The summed E-state index contributed by atoms with van der Waals surface area (Å²) in [6.45, 7) is 2.12. The van der Waals surface area contributed by atoms with Crippen LogP contribution in [0.2, 0.25) is 5.02 Å². The molecule has 0 saturated carbocycles. The van der Waals surface area contributed by atoms with Crippen LogP contribution in [0.15, 0.2) is 47.4 Å². The van der Waals surface area contributed by atoms with Crippen molar-refractivity contribution in [3.8, 4) is 0 Å². The number of nitrogen functional groups attached to an aromatic ring is 1. The summed E-state index contributed by atoms with van der Waals surface area (Å²) in [4.78, 5) is 1.04. The number of halogens is 1. The highest BCUT2D eigenvalue weighted by atomic mass is 35.5. The fourth-order valence-electron chi connectivity index (χ4n) is 1.57. The van der Waals surface area contributed by atoms with Crippen LogP contribution in [-0.2, 0) is 5.75 Å². The van der Waals surface area contributed by atoms with Gasteiger partial charge in [-0.1, -0.05) is 41.9 Å². The number of thioether (sulfide) groups is 1. The van der Waals surface area contributed by atoms with Gasteiger partial charge >= 0.3 is 0 Å². The van der Waals surface area contributed by atoms with Crippen LogP contribution in [0, 0.1) is 6.92 Å². The lowest BCUT2D eigenvalue weighted by molar-refractivity contribution is 1.30. The second kappa shape index (κ2) is 5.48. The molecule has 1 nitrogen and oxygen atoms in total. The molecule has 0 unspecified atom stereocenters. The Morgan fingerprint density at radius 3 is 2.65 bits per heavy atom. The molecule has 2 aromatic rings. The minimum absolute atomic E-state index is 0.625. The molecule has 0 aliphatic carbocycles. The SMILES string of the molecule is Cc1ccccc1CSc1cccc(Cl)c1N. The zero-order chi connectivity index (χ0) is 12.3. The molecule has 2 rings (SSSR count). The van der Waals surface area contributed by atoms with Gasteiger partial charge in [0.15, 0.2) is 0 Å². The number of para-hydroxylation sites is 1. The van der Waals surface area contributed by atoms with Crippen molar-refractivity contribution in [2.75, 3.05) is 5.73 Å². The van der Waals surface area contributed by atoms with Crippen molar-refractivity contribution in [3.63, 3.8) is 0 Å². The number of hydrogen-bond acceptors (Lipinski definition) is 2. The van der Waals surface area contributed by atoms with E-state index in [0.717, 1.165) is 10.6 Å². The summed E-state index contributed by atoms with van der Waals surface area (Å²) in [5.41, 5.74) is 9.24. The molecule has 88 valence electrons. The Bertz CT molecular complexity index is 525. The fourth-order valence-corrected chi connectivity index (χ4v) is 2.88. The summed E-state index contributed by atoms with van der Waals surface area (Å²) in [5, 5.41) is 0.625. The Balaban J connectivity index is 2.13. The minimum Gasteiger partial charge on any atom is -0.397 e. The third-order valence-corrected chi connectivity index (χ3v) is 4.11. The third-order valence-electron chi connectivity index (χ3n) is 2.66. The predicted octanol–water partition coefficient (Wildman–Crippen LogP) is 4.52. The van der Waals surface area contributed by atoms with Gasteiger partial charge in [-0.2, -0.15) is 0 Å². The van der Waals surface area contributed by atoms with Gasteiger partial charge in [-0.15, -0.1) is 11.8 Å². The topological polar surface area (TPSA) is 26.0 Å². The van der Waals surface area contributed by atoms with Crippen molar-refractivity contribution >= 4 is 29.1 Å². The van der Waals surface area contributed by atoms with Crippen LogP contribution in [0.5, 0.6) is 0 Å². The molecule has 2 aromatic carbocycles. The molecule has 0 atom stereocenters. The van der Waals surface area contributed by atoms with Crippen LogP contribution >= 0.6 is 23.4 Å². The molecule has 0 fully saturated rings. The molecule has 0 amide bonds. The first-order valence-corrected chi connectivity index (χ1v) is 6.76. The smallest absolute Gasteiger partial charge is 0.0646 e. The van der Waals surface area contributed by atoms with Gasteiger partial charge in [-0.05, 0) is 30.2 Å². The third kappa shape index (κ3) is 2.96. The van der Waals surface area contributed by atoms with Crippen molar-refractivity contribution in [1.82, 2.24) is 0 Å². The highest BCUT2D eigenvalue weighted by Crippen LogP contribution is 2.33. The Morgan fingerprint density at radius 1 is 1.12 bits per heavy atom. The Labute approximate surface area is 111 Å². The second-order valence-corrected chi connectivity index (χ2v) is 5.29. The number of benzene rings is 2. The summed E-state index contributed by atoms with van der Waals surface area (Å²) in [6, 6.07) is 14.1. The lowest BCUT2D eigenvalue weighted by atomic mass is 10.1. The van der Waals surface area contributed by atoms with Gasteiger partial charge in [0.1, 0.15) is 0 Å². The zero-order valence-electron chi connectivity index (χ0n) is 9.61. The van der Waals surface area contributed by atoms with Crippen molar-refractivity contribution in [1.29, 1.82) is 0 Å². The zero-order valence-corrected chi connectivity index (χ0v) is 11.2. The van der Waals surface area contributed by atoms with E-state index in [-0.39, 0.29) is 0 Å². The van der Waals surface area contributed by atoms with Crippen LogP contribution in [-0.4, -0.2) is 0 Å². The molecular formula is C14H14ClNS. The molecule has 0 aromatic heterocycles. The van der Waals surface area contributed by atoms with E-state index in [9.17, 15) is 0 Å². The van der Waals surface area contributed by atoms with E-state index in [1.807, 2.05) is 18.2 Å². The van der Waals surface area contributed by atoms with Crippen molar-refractivity contribution in [2.24, 2.45) is 0 Å². The maximum Gasteiger partial charge on any atom is 0.0646 e. The average Bonchev–Trinajstić information content (AvgIpc) is 2.33. The van der Waals surface area contributed by atoms with Crippen molar-refractivity contribution in [2.45, 2.75) is 17.6 Å². The van der Waals surface area contributed by atoms with Crippen molar-refractivity contribution in [3.05, 3.63) is 58.6 Å². The molecule has 17 heavy (non-hydrogen) atoms. The van der Waals surface area contributed by atoms with Gasteiger partial charge in [0.2, 0.25) is 0 Å². The first-order valence-electron chi connectivity index (χ1n) is 5.40. The largest absolute Gasteiger partial charge is 0.397 e. The Morgan fingerprint density at radius 2 is 1.88 bits per heavy atom. The fraction of sp³-hybridized carbons (Fsp3) is 0.143. The molecule has 0 spiro atoms. The Kier molecular flexibility index (Phi) is 3.97. The number of anilines is 1. The van der Waals surface area contributed by atoms with Gasteiger partial charge in [-0.25, -0.2) is 0 Å². The first kappa shape index (κ1) is 12.3. The lowest BCUT2D eigenvalue weighted by Crippen LogP contribution is -1.91. The second-order valence-electron chi connectivity index (χ2n) is 3.87. The molecule has 0 radical (unpaired) electrons. The standard InChI is InChI=1S/C14H14ClNS/c1-10-5-2-3-6-11(10)9-17-13-8-4-7-12(15)14(13)16/h2-8H,9,16H2,1H3. The van der Waals surface area contributed by atoms with Crippen LogP contribution in [0.25, 0.3) is 0 Å². The van der Waals surface area contributed by atoms with Gasteiger partial charge in [0, 0.05) is 10.6 Å². The highest BCUT2D eigenvalue weighted by Gasteiger charge is 2.04. The number of hydrogen-bond donors (Lipinski definition) is 1. The van der Waals surface area contributed by atoms with E-state index in [4.69, 9.17) is 17.3 Å². The molecule has 2 N–H and O–H groups in total. The molecule has 3 heteroatoms. The summed E-state index contributed by atoms with van der Waals surface area (Å²) in [6.07, 6.45) is 0. The van der Waals surface area contributed by atoms with E-state index < -0.39 is 0 Å². The molecule has 0 aliphatic heterocycles. The average molecular weight is 264 g/mol. The lowest BCUT2D eigenvalue weighted by Gasteiger charge is -2.08. The summed E-state index contributed by atoms with van der Waals surface area (Å²) >= 11 is 7.71. The molecule has 0 aliphatic rings. The van der Waals surface area contributed by atoms with E-state index in [0.29, 0.717) is 10.7 Å². The normalized spacial score (nSPS) is 10.5. The monoisotopic (exact) mass is 263 g/mol. The van der Waals surface area contributed by atoms with E-state index in [1.54, 1.807) is 11.8 Å². The highest BCUT2D eigenvalue weighted by molar-refractivity contribution is 7.98. The molecular weight excluding hydrogens is 250 g/mol. The summed E-state index contributed by atoms with van der Waals surface area (Å²) in [7, 11) is 0. The van der Waals surface area contributed by atoms with Crippen LogP contribution in [0.1, 0.15) is 11.1 Å². The van der Waals surface area contributed by atoms with Gasteiger partial charge in [0.05, 0.1) is 10.7 Å². The summed E-state index contributed by atoms with van der Waals surface area (Å²) < 4.78 is 0. The number of nitrogens with two attached hydrogens (primary N) is 1. The van der Waals surface area contributed by atoms with E-state index in [1.165, 1.54) is 11.1 Å². The number of aryl methyl sites for hydroxylation is 1. The van der Waals surface area contributed by atoms with Crippen LogP contribution in [0.3, 0.4) is 0 Å². The summed E-state index contributed by atoms with van der Waals surface area (Å²) in [5.74, 6) is 0.914. The number of rotatable bonds is 3. The van der Waals surface area contributed by atoms with Crippen LogP contribution in [0.4, 0.5) is 5.69 Å². The van der Waals surface area contributed by atoms with E-state index >= 15 is 0 Å². The van der Waals surface area contributed by atoms with Gasteiger partial charge in [0.25, 0.3) is 0 Å². The van der Waals surface area contributed by atoms with Gasteiger partial charge in [-0.3, -0.25) is 0 Å². The quantitative estimate of drug-likeness (QED) is 0.651. The maximum absolute atomic E-state index is 5.99. The van der Waals surface area contributed by atoms with Gasteiger partial charge < -0.3 is 5.73 Å². The molecule has 0 heterocycles. The minimum atomic E-state index is 0.625. The molecule has 0 bridgehead atoms. The van der Waals surface area contributed by atoms with Crippen molar-refractivity contribution < 1.29 is 0 Å². The predicted molar refractivity (Wildman–Crippen MR) is 76.6 cm³/mol. The molecule has 0 saturated heterocycles.